The van der Waals surface area contributed by atoms with Crippen LogP contribution in [0.15, 0.2) is 102 Å². The summed E-state index contributed by atoms with van der Waals surface area (Å²) in [4.78, 5) is 22.0. The molecule has 0 aliphatic carbocycles. The standard InChI is InChI=1S/C34H31F3N6OS2/c35-34(36,37)27-14-7-15-28(22-27)43-30(21-26-11-5-2-6-12-26)39-40-33(43)46-24-31-38-29(23-45-31)32(44)42-19-17-41(18-20-42)16-8-13-25-9-3-1-4-10-25/h1-15,22-23H,16-21,24H2. The van der Waals surface area contributed by atoms with Crippen molar-refractivity contribution in [3.05, 3.63) is 130 Å². The summed E-state index contributed by atoms with van der Waals surface area (Å²) in [6, 6.07) is 24.9. The molecule has 1 amide bonds. The van der Waals surface area contributed by atoms with Crippen LogP contribution in [0.25, 0.3) is 11.8 Å². The fraction of sp³-hybridized carbons (Fsp3) is 0.235. The van der Waals surface area contributed by atoms with Crippen LogP contribution in [0.5, 0.6) is 0 Å². The van der Waals surface area contributed by atoms with E-state index in [1.165, 1.54) is 29.2 Å². The number of halogens is 3. The fourth-order valence-electron chi connectivity index (χ4n) is 5.17. The van der Waals surface area contributed by atoms with Gasteiger partial charge in [0.15, 0.2) is 5.16 Å². The summed E-state index contributed by atoms with van der Waals surface area (Å²) < 4.78 is 42.4. The minimum atomic E-state index is -4.48. The number of rotatable bonds is 10. The molecule has 1 fully saturated rings. The first-order chi connectivity index (χ1) is 22.3. The van der Waals surface area contributed by atoms with Crippen LogP contribution in [0, 0.1) is 0 Å². The average molecular weight is 661 g/mol. The average Bonchev–Trinajstić information content (AvgIpc) is 3.71. The molecule has 0 atom stereocenters. The predicted octanol–water partition coefficient (Wildman–Crippen LogP) is 7.10. The quantitative estimate of drug-likeness (QED) is 0.149. The van der Waals surface area contributed by atoms with E-state index in [9.17, 15) is 18.0 Å². The van der Waals surface area contributed by atoms with Gasteiger partial charge in [0.25, 0.3) is 5.91 Å². The molecule has 0 unspecified atom stereocenters. The smallest absolute Gasteiger partial charge is 0.335 e. The molecular formula is C34H31F3N6OS2. The molecule has 236 valence electrons. The third kappa shape index (κ3) is 7.93. The molecule has 0 N–H and O–H groups in total. The van der Waals surface area contributed by atoms with Gasteiger partial charge in [-0.15, -0.1) is 21.5 Å². The minimum Gasteiger partial charge on any atom is -0.335 e. The second kappa shape index (κ2) is 14.4. The van der Waals surface area contributed by atoms with Crippen molar-refractivity contribution in [3.8, 4) is 5.69 Å². The zero-order valence-corrected chi connectivity index (χ0v) is 26.4. The number of aromatic nitrogens is 4. The van der Waals surface area contributed by atoms with Crippen molar-refractivity contribution >= 4 is 35.1 Å². The number of piperazine rings is 1. The van der Waals surface area contributed by atoms with E-state index in [0.717, 1.165) is 47.9 Å². The second-order valence-corrected chi connectivity index (χ2v) is 12.7. The van der Waals surface area contributed by atoms with E-state index in [1.54, 1.807) is 16.0 Å². The Bertz CT molecular complexity index is 1780. The van der Waals surface area contributed by atoms with Crippen molar-refractivity contribution in [2.24, 2.45) is 0 Å². The lowest BCUT2D eigenvalue weighted by molar-refractivity contribution is -0.137. The molecule has 5 aromatic rings. The van der Waals surface area contributed by atoms with Crippen LogP contribution >= 0.6 is 23.1 Å². The highest BCUT2D eigenvalue weighted by Gasteiger charge is 2.31. The molecule has 0 bridgehead atoms. The number of carbonyl (C=O) groups excluding carboxylic acids is 1. The van der Waals surface area contributed by atoms with Crippen molar-refractivity contribution < 1.29 is 18.0 Å². The van der Waals surface area contributed by atoms with E-state index in [-0.39, 0.29) is 5.91 Å². The molecule has 0 spiro atoms. The topological polar surface area (TPSA) is 67.2 Å². The second-order valence-electron chi connectivity index (χ2n) is 10.8. The first kappa shape index (κ1) is 31.7. The van der Waals surface area contributed by atoms with Crippen LogP contribution in [-0.4, -0.2) is 68.2 Å². The first-order valence-electron chi connectivity index (χ1n) is 14.8. The Labute approximate surface area is 273 Å². The van der Waals surface area contributed by atoms with Gasteiger partial charge in [-0.2, -0.15) is 13.2 Å². The number of carbonyl (C=O) groups is 1. The first-order valence-corrected chi connectivity index (χ1v) is 16.7. The molecule has 0 saturated carbocycles. The summed E-state index contributed by atoms with van der Waals surface area (Å²) in [5, 5.41) is 11.6. The zero-order chi connectivity index (χ0) is 31.9. The Balaban J connectivity index is 1.10. The van der Waals surface area contributed by atoms with Gasteiger partial charge in [0.2, 0.25) is 0 Å². The van der Waals surface area contributed by atoms with Crippen LogP contribution in [-0.2, 0) is 18.3 Å². The monoisotopic (exact) mass is 660 g/mol. The molecule has 12 heteroatoms. The number of amides is 1. The highest BCUT2D eigenvalue weighted by molar-refractivity contribution is 7.98. The summed E-state index contributed by atoms with van der Waals surface area (Å²) >= 11 is 2.71. The van der Waals surface area contributed by atoms with Crippen molar-refractivity contribution in [2.75, 3.05) is 32.7 Å². The van der Waals surface area contributed by atoms with Gasteiger partial charge in [0.1, 0.15) is 16.5 Å². The summed E-state index contributed by atoms with van der Waals surface area (Å²) in [6.45, 7) is 3.66. The van der Waals surface area contributed by atoms with Crippen LogP contribution in [0.2, 0.25) is 0 Å². The molecule has 3 aromatic carbocycles. The molecule has 3 heterocycles. The van der Waals surface area contributed by atoms with Gasteiger partial charge >= 0.3 is 6.18 Å². The maximum atomic E-state index is 13.6. The van der Waals surface area contributed by atoms with E-state index in [4.69, 9.17) is 0 Å². The number of alkyl halides is 3. The Kier molecular flexibility index (Phi) is 9.96. The molecular weight excluding hydrogens is 630 g/mol. The van der Waals surface area contributed by atoms with Gasteiger partial charge < -0.3 is 4.90 Å². The van der Waals surface area contributed by atoms with Gasteiger partial charge in [0, 0.05) is 44.5 Å². The fourth-order valence-corrected chi connectivity index (χ4v) is 6.92. The van der Waals surface area contributed by atoms with E-state index in [0.29, 0.717) is 47.6 Å². The highest BCUT2D eigenvalue weighted by Crippen LogP contribution is 2.33. The lowest BCUT2D eigenvalue weighted by Gasteiger charge is -2.33. The van der Waals surface area contributed by atoms with Gasteiger partial charge in [-0.1, -0.05) is 90.6 Å². The summed E-state index contributed by atoms with van der Waals surface area (Å²) in [5.74, 6) is 0.823. The number of nitrogens with zero attached hydrogens (tertiary/aromatic N) is 6. The largest absolute Gasteiger partial charge is 0.416 e. The van der Waals surface area contributed by atoms with Crippen molar-refractivity contribution in [2.45, 2.75) is 23.5 Å². The number of hydrogen-bond acceptors (Lipinski definition) is 7. The number of thioether (sulfide) groups is 1. The lowest BCUT2D eigenvalue weighted by atomic mass is 10.1. The van der Waals surface area contributed by atoms with Crippen molar-refractivity contribution in [1.29, 1.82) is 0 Å². The molecule has 7 nitrogen and oxygen atoms in total. The highest BCUT2D eigenvalue weighted by atomic mass is 32.2. The van der Waals surface area contributed by atoms with Gasteiger partial charge in [-0.3, -0.25) is 14.3 Å². The molecule has 1 aliphatic rings. The molecule has 1 aliphatic heterocycles. The number of thiazole rings is 1. The van der Waals surface area contributed by atoms with Gasteiger partial charge in [-0.05, 0) is 29.3 Å². The van der Waals surface area contributed by atoms with Crippen molar-refractivity contribution in [3.63, 3.8) is 0 Å². The zero-order valence-electron chi connectivity index (χ0n) is 24.8. The van der Waals surface area contributed by atoms with E-state index in [2.05, 4.69) is 44.4 Å². The SMILES string of the molecule is O=C(c1csc(CSc2nnc(Cc3ccccc3)n2-c2cccc(C(F)(F)F)c2)n1)N1CCN(CC=Cc2ccccc2)CC1. The summed E-state index contributed by atoms with van der Waals surface area (Å²) in [7, 11) is 0. The maximum absolute atomic E-state index is 13.6. The predicted molar refractivity (Wildman–Crippen MR) is 175 cm³/mol. The number of hydrogen-bond donors (Lipinski definition) is 0. The Morgan fingerprint density at radius 2 is 1.65 bits per heavy atom. The molecule has 6 rings (SSSR count). The summed E-state index contributed by atoms with van der Waals surface area (Å²) in [6.07, 6.45) is 0.179. The van der Waals surface area contributed by atoms with Gasteiger partial charge in [0.05, 0.1) is 17.0 Å². The van der Waals surface area contributed by atoms with Gasteiger partial charge in [-0.25, -0.2) is 4.98 Å². The number of benzene rings is 3. The molecule has 0 radical (unpaired) electrons. The van der Waals surface area contributed by atoms with Crippen LogP contribution < -0.4 is 0 Å². The van der Waals surface area contributed by atoms with Crippen molar-refractivity contribution in [1.82, 2.24) is 29.5 Å². The minimum absolute atomic E-state index is 0.0933. The van der Waals surface area contributed by atoms with Crippen LogP contribution in [0.4, 0.5) is 13.2 Å². The maximum Gasteiger partial charge on any atom is 0.416 e. The van der Waals surface area contributed by atoms with E-state index >= 15 is 0 Å². The molecule has 1 saturated heterocycles. The van der Waals surface area contributed by atoms with Crippen LogP contribution in [0.1, 0.15) is 38.0 Å². The van der Waals surface area contributed by atoms with E-state index in [1.807, 2.05) is 53.4 Å². The Hall–Kier alpha value is -4.26. The molecule has 2 aromatic heterocycles. The third-order valence-corrected chi connectivity index (χ3v) is 9.54. The lowest BCUT2D eigenvalue weighted by Crippen LogP contribution is -2.48. The Morgan fingerprint density at radius 3 is 2.39 bits per heavy atom. The Morgan fingerprint density at radius 1 is 0.913 bits per heavy atom. The third-order valence-electron chi connectivity index (χ3n) is 7.57. The normalized spacial score (nSPS) is 14.3. The van der Waals surface area contributed by atoms with Crippen LogP contribution in [0.3, 0.4) is 0 Å². The molecule has 46 heavy (non-hydrogen) atoms. The summed E-state index contributed by atoms with van der Waals surface area (Å²) in [5.41, 5.74) is 2.12. The van der Waals surface area contributed by atoms with E-state index < -0.39 is 11.7 Å².